The van der Waals surface area contributed by atoms with Gasteiger partial charge in [-0.05, 0) is 71.9 Å². The number of hydrogen-bond donors (Lipinski definition) is 2. The van der Waals surface area contributed by atoms with Gasteiger partial charge in [0.2, 0.25) is 0 Å². The number of carboxylic acids is 2. The van der Waals surface area contributed by atoms with E-state index < -0.39 is 23.5 Å². The highest BCUT2D eigenvalue weighted by Crippen LogP contribution is 2.53. The molecule has 0 spiro atoms. The predicted octanol–water partition coefficient (Wildman–Crippen LogP) is 4.36. The van der Waals surface area contributed by atoms with Gasteiger partial charge in [-0.3, -0.25) is 4.79 Å². The van der Waals surface area contributed by atoms with E-state index in [2.05, 4.69) is 0 Å². The lowest BCUT2D eigenvalue weighted by Crippen LogP contribution is -2.32. The van der Waals surface area contributed by atoms with E-state index >= 15 is 0 Å². The Morgan fingerprint density at radius 1 is 0.882 bits per heavy atom. The topological polar surface area (TPSA) is 115 Å². The summed E-state index contributed by atoms with van der Waals surface area (Å²) in [5.74, 6) is -3.22. The zero-order valence-corrected chi connectivity index (χ0v) is 19.1. The third kappa shape index (κ3) is 2.98. The SMILES string of the molecule is CC1=C(C(=O)O)C2CCCCCC2C1=C1C(=O)C(c2c3cccccc-3c(C(=O)O)c2C)=C1[O-]. The highest BCUT2D eigenvalue weighted by molar-refractivity contribution is 6.40. The van der Waals surface area contributed by atoms with Crippen LogP contribution in [-0.4, -0.2) is 27.9 Å². The average Bonchev–Trinajstić information content (AvgIpc) is 3.01. The Labute approximate surface area is 197 Å². The molecule has 0 aliphatic heterocycles. The minimum absolute atomic E-state index is 0.00504. The lowest BCUT2D eigenvalue weighted by molar-refractivity contribution is -0.297. The van der Waals surface area contributed by atoms with Gasteiger partial charge in [0.05, 0.1) is 5.56 Å². The maximum Gasteiger partial charge on any atom is 0.336 e. The number of allylic oxidation sites excluding steroid dienone is 4. The van der Waals surface area contributed by atoms with Crippen LogP contribution in [0.1, 0.15) is 60.5 Å². The fraction of sp³-hybridized carbons (Fsp3) is 0.321. The molecule has 0 aromatic rings. The molecule has 5 aliphatic carbocycles. The number of carbonyl (C=O) groups is 3. The van der Waals surface area contributed by atoms with Gasteiger partial charge in [0, 0.05) is 16.7 Å². The van der Waals surface area contributed by atoms with E-state index in [0.29, 0.717) is 39.0 Å². The Hall–Kier alpha value is -3.67. The molecule has 0 heterocycles. The first-order valence-electron chi connectivity index (χ1n) is 11.7. The van der Waals surface area contributed by atoms with Gasteiger partial charge in [0.1, 0.15) is 0 Å². The summed E-state index contributed by atoms with van der Waals surface area (Å²) in [7, 11) is 0. The number of carboxylic acid groups (broad SMARTS) is 2. The van der Waals surface area contributed by atoms with E-state index in [1.54, 1.807) is 44.2 Å². The fourth-order valence-electron chi connectivity index (χ4n) is 6.37. The van der Waals surface area contributed by atoms with Crippen LogP contribution in [0.5, 0.6) is 0 Å². The number of carbonyl (C=O) groups excluding carboxylic acids is 1. The summed E-state index contributed by atoms with van der Waals surface area (Å²) in [5, 5.41) is 33.3. The molecule has 2 atom stereocenters. The van der Waals surface area contributed by atoms with Crippen molar-refractivity contribution in [3.63, 3.8) is 0 Å². The number of hydrogen-bond acceptors (Lipinski definition) is 4. The molecule has 0 radical (unpaired) electrons. The van der Waals surface area contributed by atoms with Gasteiger partial charge in [-0.15, -0.1) is 0 Å². The van der Waals surface area contributed by atoms with E-state index in [1.165, 1.54) is 0 Å². The zero-order valence-electron chi connectivity index (χ0n) is 19.1. The maximum atomic E-state index is 13.6. The highest BCUT2D eigenvalue weighted by atomic mass is 16.4. The molecule has 6 heteroatoms. The standard InChI is InChI=1S/C28H26O6/c1-13-19(15-9-5-3-7-11-17(15)21(13)27(31)32)23-25(29)24(26(23)30)20-14(2)22(28(33)34)18-12-8-4-6-10-16(18)20/h3,5,7,9,11,16,18,29H,4,6,8,10,12H2,1-2H3,(H,31,32)(H,33,34)/p-1. The predicted molar refractivity (Wildman–Crippen MR) is 124 cm³/mol. The first kappa shape index (κ1) is 22.1. The molecule has 1 saturated carbocycles. The van der Waals surface area contributed by atoms with E-state index in [0.717, 1.165) is 32.1 Å². The molecule has 0 amide bonds. The second-order valence-electron chi connectivity index (χ2n) is 9.43. The smallest absolute Gasteiger partial charge is 0.336 e. The number of fused-ring (bicyclic) bond motifs is 2. The van der Waals surface area contributed by atoms with Gasteiger partial charge in [0.15, 0.2) is 5.78 Å². The first-order chi connectivity index (χ1) is 16.3. The molecule has 6 nitrogen and oxygen atoms in total. The molecule has 34 heavy (non-hydrogen) atoms. The number of aliphatic carboxylic acids is 1. The second-order valence-corrected chi connectivity index (χ2v) is 9.43. The monoisotopic (exact) mass is 457 g/mol. The van der Waals surface area contributed by atoms with Crippen molar-refractivity contribution < 1.29 is 29.7 Å². The molecule has 0 aromatic heterocycles. The van der Waals surface area contributed by atoms with Crippen molar-refractivity contribution >= 4 is 23.3 Å². The summed E-state index contributed by atoms with van der Waals surface area (Å²) in [6.45, 7) is 3.34. The fourth-order valence-corrected chi connectivity index (χ4v) is 6.37. The van der Waals surface area contributed by atoms with E-state index in [-0.39, 0.29) is 28.5 Å². The zero-order chi connectivity index (χ0) is 24.3. The Balaban J connectivity index is 1.74. The summed E-state index contributed by atoms with van der Waals surface area (Å²) in [6, 6.07) is 8.66. The summed E-state index contributed by atoms with van der Waals surface area (Å²) in [6.07, 6.45) is 4.37. The summed E-state index contributed by atoms with van der Waals surface area (Å²) >= 11 is 0. The van der Waals surface area contributed by atoms with Crippen molar-refractivity contribution in [2.75, 3.05) is 0 Å². The molecule has 0 bridgehead atoms. The van der Waals surface area contributed by atoms with Crippen molar-refractivity contribution in [1.82, 2.24) is 0 Å². The van der Waals surface area contributed by atoms with Crippen molar-refractivity contribution in [1.29, 1.82) is 0 Å². The summed E-state index contributed by atoms with van der Waals surface area (Å²) in [4.78, 5) is 37.6. The minimum Gasteiger partial charge on any atom is -0.871 e. The number of aromatic carboxylic acids is 1. The quantitative estimate of drug-likeness (QED) is 0.662. The third-order valence-electron chi connectivity index (χ3n) is 7.76. The van der Waals surface area contributed by atoms with Gasteiger partial charge in [-0.2, -0.15) is 0 Å². The third-order valence-corrected chi connectivity index (χ3v) is 7.76. The Morgan fingerprint density at radius 2 is 1.53 bits per heavy atom. The molecule has 174 valence electrons. The Bertz CT molecular complexity index is 1340. The van der Waals surface area contributed by atoms with Crippen molar-refractivity contribution in [2.45, 2.75) is 46.0 Å². The summed E-state index contributed by atoms with van der Waals surface area (Å²) in [5.41, 5.74) is 3.46. The Morgan fingerprint density at radius 3 is 2.15 bits per heavy atom. The van der Waals surface area contributed by atoms with Gasteiger partial charge >= 0.3 is 11.9 Å². The van der Waals surface area contributed by atoms with Crippen LogP contribution < -0.4 is 5.11 Å². The summed E-state index contributed by atoms with van der Waals surface area (Å²) < 4.78 is 0. The van der Waals surface area contributed by atoms with Gasteiger partial charge < -0.3 is 15.3 Å². The lowest BCUT2D eigenvalue weighted by Gasteiger charge is -2.35. The van der Waals surface area contributed by atoms with Crippen LogP contribution in [0.3, 0.4) is 0 Å². The normalized spacial score (nSPS) is 24.8. The maximum absolute atomic E-state index is 13.6. The first-order valence-corrected chi connectivity index (χ1v) is 11.7. The molecular weight excluding hydrogens is 432 g/mol. The molecule has 0 saturated heterocycles. The largest absolute Gasteiger partial charge is 0.871 e. The molecule has 5 rings (SSSR count). The van der Waals surface area contributed by atoms with E-state index in [9.17, 15) is 29.7 Å². The van der Waals surface area contributed by atoms with Crippen LogP contribution in [0.4, 0.5) is 0 Å². The lowest BCUT2D eigenvalue weighted by atomic mass is 9.74. The van der Waals surface area contributed by atoms with E-state index in [4.69, 9.17) is 0 Å². The van der Waals surface area contributed by atoms with Crippen LogP contribution in [-0.2, 0) is 9.59 Å². The van der Waals surface area contributed by atoms with Crippen LogP contribution in [0.25, 0.3) is 16.7 Å². The van der Waals surface area contributed by atoms with E-state index in [1.807, 2.05) is 0 Å². The van der Waals surface area contributed by atoms with Crippen molar-refractivity contribution in [3.8, 4) is 11.1 Å². The van der Waals surface area contributed by atoms with Crippen LogP contribution >= 0.6 is 0 Å². The highest BCUT2D eigenvalue weighted by Gasteiger charge is 2.45. The van der Waals surface area contributed by atoms with Gasteiger partial charge in [0.25, 0.3) is 0 Å². The van der Waals surface area contributed by atoms with Crippen molar-refractivity contribution in [2.24, 2.45) is 11.8 Å². The van der Waals surface area contributed by atoms with Crippen molar-refractivity contribution in [3.05, 3.63) is 75.1 Å². The van der Waals surface area contributed by atoms with Gasteiger partial charge in [-0.25, -0.2) is 9.59 Å². The molecular formula is C28H25O6-. The van der Waals surface area contributed by atoms with Crippen LogP contribution in [0.15, 0.2) is 58.4 Å². The van der Waals surface area contributed by atoms with Gasteiger partial charge in [-0.1, -0.05) is 55.4 Å². The molecule has 2 N–H and O–H groups in total. The molecule has 5 aliphatic rings. The Kier molecular flexibility index (Phi) is 5.19. The van der Waals surface area contributed by atoms with Crippen LogP contribution in [0, 0.1) is 18.8 Å². The minimum atomic E-state index is -1.11. The second kappa shape index (κ2) is 7.97. The number of Topliss-reactive ketones (excluding diaryl/α,β-unsaturated/α-hetero) is 1. The number of ketones is 1. The number of rotatable bonds is 3. The average molecular weight is 458 g/mol. The molecule has 0 aromatic carbocycles. The van der Waals surface area contributed by atoms with Crippen LogP contribution in [0.2, 0.25) is 0 Å². The molecule has 1 fully saturated rings. The molecule has 2 unspecified atom stereocenters.